The van der Waals surface area contributed by atoms with Crippen LogP contribution in [0.4, 0.5) is 0 Å². The Balaban J connectivity index is 4.31. The molecule has 0 saturated heterocycles. The highest BCUT2D eigenvalue weighted by Crippen LogP contribution is 2.43. The number of phosphoric acid groups is 1. The summed E-state index contributed by atoms with van der Waals surface area (Å²) < 4.78 is 35.0. The number of hydrogen-bond donors (Lipinski definition) is 1. The molecule has 9 heteroatoms. The van der Waals surface area contributed by atoms with Crippen molar-refractivity contribution in [1.29, 1.82) is 0 Å². The Hall–Kier alpha value is -2.58. The maximum absolute atomic E-state index is 12.7. The van der Waals surface area contributed by atoms with Crippen LogP contribution >= 0.6 is 7.82 Å². The highest BCUT2D eigenvalue weighted by molar-refractivity contribution is 7.47. The summed E-state index contributed by atoms with van der Waals surface area (Å²) in [5, 5.41) is 0. The van der Waals surface area contributed by atoms with Crippen LogP contribution in [0.15, 0.2) is 97.2 Å². The molecule has 0 radical (unpaired) electrons. The fourth-order valence-electron chi connectivity index (χ4n) is 6.11. The molecule has 0 aromatic rings. The number of rotatable bonds is 44. The molecule has 0 saturated carbocycles. The lowest BCUT2D eigenvalue weighted by atomic mass is 10.1. The van der Waals surface area contributed by atoms with Crippen molar-refractivity contribution in [2.75, 3.05) is 54.1 Å². The zero-order valence-electron chi connectivity index (χ0n) is 40.3. The minimum atomic E-state index is -4.30. The van der Waals surface area contributed by atoms with Gasteiger partial charge in [-0.15, -0.1) is 0 Å². The lowest BCUT2D eigenvalue weighted by Crippen LogP contribution is -2.37. The third kappa shape index (κ3) is 48.5. The van der Waals surface area contributed by atoms with Crippen molar-refractivity contribution in [3.63, 3.8) is 0 Å². The molecule has 0 spiro atoms. The topological polar surface area (TPSA) is 91.3 Å². The smallest absolute Gasteiger partial charge is 0.457 e. The molecule has 0 aromatic heterocycles. The molecule has 0 bridgehead atoms. The number of likely N-dealkylation sites (N-methyl/N-ethyl adjacent to an activating group) is 1. The van der Waals surface area contributed by atoms with Gasteiger partial charge >= 0.3 is 13.8 Å². The minimum absolute atomic E-state index is 0.0730. The van der Waals surface area contributed by atoms with Gasteiger partial charge in [0.25, 0.3) is 0 Å². The quantitative estimate of drug-likeness (QED) is 0.0214. The van der Waals surface area contributed by atoms with Crippen LogP contribution in [-0.4, -0.2) is 75.6 Å². The average Bonchev–Trinajstić information content (AvgIpc) is 3.23. The first-order valence-electron chi connectivity index (χ1n) is 24.5. The van der Waals surface area contributed by atoms with Crippen molar-refractivity contribution in [1.82, 2.24) is 0 Å². The molecule has 2 unspecified atom stereocenters. The Labute approximate surface area is 381 Å². The van der Waals surface area contributed by atoms with Crippen molar-refractivity contribution in [2.45, 2.75) is 180 Å². The van der Waals surface area contributed by atoms with Gasteiger partial charge in [-0.3, -0.25) is 13.8 Å². The molecule has 0 aromatic carbocycles. The average molecular weight is 887 g/mol. The van der Waals surface area contributed by atoms with Gasteiger partial charge in [0.05, 0.1) is 34.4 Å². The van der Waals surface area contributed by atoms with Crippen LogP contribution in [0.5, 0.6) is 0 Å². The van der Waals surface area contributed by atoms with Gasteiger partial charge in [0.15, 0.2) is 0 Å². The summed E-state index contributed by atoms with van der Waals surface area (Å²) in [6.07, 6.45) is 61.7. The van der Waals surface area contributed by atoms with Crippen molar-refractivity contribution >= 4 is 13.8 Å². The van der Waals surface area contributed by atoms with Crippen LogP contribution in [0.25, 0.3) is 0 Å². The number of unbranched alkanes of at least 4 members (excludes halogenated alkanes) is 14. The van der Waals surface area contributed by atoms with E-state index < -0.39 is 13.9 Å². The molecule has 0 fully saturated rings. The normalized spacial score (nSPS) is 14.5. The number of carbonyl (C=O) groups excluding carboxylic acids is 1. The van der Waals surface area contributed by atoms with E-state index in [2.05, 4.69) is 111 Å². The summed E-state index contributed by atoms with van der Waals surface area (Å²) in [5.41, 5.74) is 0. The van der Waals surface area contributed by atoms with E-state index in [1.807, 2.05) is 21.1 Å². The van der Waals surface area contributed by atoms with Gasteiger partial charge in [-0.05, 0) is 96.3 Å². The van der Waals surface area contributed by atoms with Gasteiger partial charge < -0.3 is 18.9 Å². The molecular formula is C53H93NO7P+. The molecule has 1 N–H and O–H groups in total. The molecule has 8 nitrogen and oxygen atoms in total. The van der Waals surface area contributed by atoms with Crippen LogP contribution in [0.3, 0.4) is 0 Å². The summed E-state index contributed by atoms with van der Waals surface area (Å²) in [7, 11) is 1.62. The Morgan fingerprint density at radius 2 is 0.935 bits per heavy atom. The zero-order valence-corrected chi connectivity index (χ0v) is 41.2. The van der Waals surface area contributed by atoms with Gasteiger partial charge in [-0.2, -0.15) is 0 Å². The van der Waals surface area contributed by atoms with E-state index in [0.29, 0.717) is 24.1 Å². The maximum atomic E-state index is 12.7. The monoisotopic (exact) mass is 887 g/mol. The largest absolute Gasteiger partial charge is 0.472 e. The second-order valence-corrected chi connectivity index (χ2v) is 18.6. The Morgan fingerprint density at radius 3 is 1.42 bits per heavy atom. The van der Waals surface area contributed by atoms with E-state index in [1.165, 1.54) is 57.8 Å². The number of phosphoric ester groups is 1. The second-order valence-electron chi connectivity index (χ2n) is 17.1. The molecule has 0 aliphatic heterocycles. The third-order valence-electron chi connectivity index (χ3n) is 9.88. The van der Waals surface area contributed by atoms with Crippen molar-refractivity contribution in [3.05, 3.63) is 97.2 Å². The molecule has 0 rings (SSSR count). The molecule has 2 atom stereocenters. The van der Waals surface area contributed by atoms with Gasteiger partial charge in [0.2, 0.25) is 0 Å². The van der Waals surface area contributed by atoms with Gasteiger partial charge in [0.1, 0.15) is 19.3 Å². The van der Waals surface area contributed by atoms with Crippen LogP contribution in [-0.2, 0) is 27.9 Å². The summed E-state index contributed by atoms with van der Waals surface area (Å²) >= 11 is 0. The lowest BCUT2D eigenvalue weighted by Gasteiger charge is -2.24. The molecule has 0 aliphatic carbocycles. The first-order chi connectivity index (χ1) is 30.1. The number of hydrogen-bond acceptors (Lipinski definition) is 6. The van der Waals surface area contributed by atoms with E-state index in [4.69, 9.17) is 18.5 Å². The number of esters is 1. The van der Waals surface area contributed by atoms with Crippen LogP contribution in [0.1, 0.15) is 174 Å². The fraction of sp³-hybridized carbons (Fsp3) is 0.679. The Kier molecular flexibility index (Phi) is 43.1. The predicted octanol–water partition coefficient (Wildman–Crippen LogP) is 15.0. The summed E-state index contributed by atoms with van der Waals surface area (Å²) in [6.45, 7) is 5.36. The Bertz CT molecular complexity index is 1310. The predicted molar refractivity (Wildman–Crippen MR) is 265 cm³/mol. The first kappa shape index (κ1) is 59.4. The first-order valence-corrected chi connectivity index (χ1v) is 26.0. The van der Waals surface area contributed by atoms with E-state index >= 15 is 0 Å². The number of allylic oxidation sites excluding steroid dienone is 16. The fourth-order valence-corrected chi connectivity index (χ4v) is 6.86. The summed E-state index contributed by atoms with van der Waals surface area (Å²) in [5.74, 6) is -0.341. The third-order valence-corrected chi connectivity index (χ3v) is 10.9. The standard InChI is InChI=1S/C53H92NO7P/c1-6-8-10-12-14-16-18-20-22-24-25-26-27-28-29-30-31-33-35-37-39-41-43-45-48-58-50-52(51-60-62(56,57)59-49-47-54(3,4)5)61-53(55)46-44-42-40-38-36-34-32-23-21-19-17-15-13-11-9-7-2/h8,10,14,16,20,22-23,25-26,28-29,31-33,37,39,52H,6-7,9,11-13,15,17-19,21,24,27,30,34-36,38,40-51H2,1-5H3/p+1/b10-8-,16-14-,22-20-,26-25-,29-28-,32-23-,33-31-,39-37-. The number of nitrogens with zero attached hydrogens (tertiary/aromatic N) is 1. The molecule has 0 amide bonds. The van der Waals surface area contributed by atoms with Crippen LogP contribution in [0.2, 0.25) is 0 Å². The minimum Gasteiger partial charge on any atom is -0.457 e. The lowest BCUT2D eigenvalue weighted by molar-refractivity contribution is -0.870. The van der Waals surface area contributed by atoms with Gasteiger partial charge in [-0.25, -0.2) is 4.57 Å². The Morgan fingerprint density at radius 1 is 0.516 bits per heavy atom. The molecule has 356 valence electrons. The van der Waals surface area contributed by atoms with Gasteiger partial charge in [-0.1, -0.05) is 169 Å². The van der Waals surface area contributed by atoms with Crippen molar-refractivity contribution in [3.8, 4) is 0 Å². The maximum Gasteiger partial charge on any atom is 0.472 e. The van der Waals surface area contributed by atoms with Gasteiger partial charge in [0, 0.05) is 13.0 Å². The number of carbonyl (C=O) groups is 1. The van der Waals surface area contributed by atoms with Crippen molar-refractivity contribution < 1.29 is 37.3 Å². The van der Waals surface area contributed by atoms with Crippen molar-refractivity contribution in [2.24, 2.45) is 0 Å². The molecule has 62 heavy (non-hydrogen) atoms. The van der Waals surface area contributed by atoms with E-state index in [-0.39, 0.29) is 25.8 Å². The molecule has 0 aliphatic rings. The number of ether oxygens (including phenoxy) is 2. The zero-order chi connectivity index (χ0) is 45.5. The van der Waals surface area contributed by atoms with E-state index in [9.17, 15) is 14.3 Å². The highest BCUT2D eigenvalue weighted by Gasteiger charge is 2.26. The number of quaternary nitrogens is 1. The van der Waals surface area contributed by atoms with Crippen LogP contribution in [0, 0.1) is 0 Å². The summed E-state index contributed by atoms with van der Waals surface area (Å²) in [4.78, 5) is 22.9. The molecule has 0 heterocycles. The van der Waals surface area contributed by atoms with E-state index in [1.54, 1.807) is 0 Å². The summed E-state index contributed by atoms with van der Waals surface area (Å²) in [6, 6.07) is 0. The highest BCUT2D eigenvalue weighted by atomic mass is 31.2. The molecular weight excluding hydrogens is 794 g/mol. The van der Waals surface area contributed by atoms with Crippen LogP contribution < -0.4 is 0 Å². The second kappa shape index (κ2) is 45.0. The van der Waals surface area contributed by atoms with E-state index in [0.717, 1.165) is 96.3 Å². The SMILES string of the molecule is CC/C=C\C/C=C\C/C=C\C/C=C\C/C=C\C/C=C\C/C=C\CCCCOCC(COP(=O)(O)OCC[N+](C)(C)C)OC(=O)CCCCCCC/C=C\CCCCCCCCC.